The Balaban J connectivity index is 2.20. The highest BCUT2D eigenvalue weighted by Crippen LogP contribution is 2.24. The number of carbonyl (C=O) groups is 1. The van der Waals surface area contributed by atoms with Crippen LogP contribution < -0.4 is 0 Å². The van der Waals surface area contributed by atoms with E-state index in [1.54, 1.807) is 12.1 Å². The third-order valence-electron chi connectivity index (χ3n) is 3.03. The van der Waals surface area contributed by atoms with Crippen molar-refractivity contribution in [2.75, 3.05) is 6.61 Å². The minimum absolute atomic E-state index is 0.171. The Bertz CT molecular complexity index is 586. The van der Waals surface area contributed by atoms with E-state index >= 15 is 0 Å². The van der Waals surface area contributed by atoms with Crippen molar-refractivity contribution in [1.29, 1.82) is 0 Å². The van der Waals surface area contributed by atoms with Crippen molar-refractivity contribution in [3.05, 3.63) is 35.7 Å². The normalized spacial score (nSPS) is 12.3. The summed E-state index contributed by atoms with van der Waals surface area (Å²) in [5.74, 6) is -0.0779. The summed E-state index contributed by atoms with van der Waals surface area (Å²) in [5, 5.41) is 12.8. The lowest BCUT2D eigenvalue weighted by Crippen LogP contribution is -2.05. The summed E-state index contributed by atoms with van der Waals surface area (Å²) in [5.41, 5.74) is 0.905. The summed E-state index contributed by atoms with van der Waals surface area (Å²) < 4.78 is 10.8. The molecule has 0 saturated heterocycles. The molecule has 1 N–H and O–H groups in total. The average Bonchev–Trinajstić information content (AvgIpc) is 2.97. The highest BCUT2D eigenvalue weighted by atomic mass is 16.5. The number of carboxylic acids is 1. The molecule has 0 amide bonds. The number of carboxylic acid groups (broad SMARTS) is 1. The quantitative estimate of drug-likeness (QED) is 0.842. The van der Waals surface area contributed by atoms with Gasteiger partial charge in [-0.2, -0.15) is 4.98 Å². The predicted molar refractivity (Wildman–Crippen MR) is 76.0 cm³/mol. The topological polar surface area (TPSA) is 85.5 Å². The molecule has 0 saturated carbocycles. The molecule has 0 fully saturated rings. The standard InChI is InChI=1S/C15H18N2O4/c1-3-5-12(20-4-2)13-16-14(21-17-13)10-6-8-11(9-7-10)15(18)19/h6-9,12H,3-5H2,1-2H3,(H,18,19). The molecule has 6 heteroatoms. The zero-order chi connectivity index (χ0) is 15.2. The number of ether oxygens (including phenoxy) is 1. The molecular weight excluding hydrogens is 272 g/mol. The molecule has 0 bridgehead atoms. The van der Waals surface area contributed by atoms with Crippen LogP contribution in [0.3, 0.4) is 0 Å². The number of benzene rings is 1. The van der Waals surface area contributed by atoms with Crippen LogP contribution in [-0.4, -0.2) is 27.8 Å². The van der Waals surface area contributed by atoms with Crippen molar-refractivity contribution in [2.45, 2.75) is 32.8 Å². The SMILES string of the molecule is CCCC(OCC)c1noc(-c2ccc(C(=O)O)cc2)n1. The lowest BCUT2D eigenvalue weighted by Gasteiger charge is -2.11. The van der Waals surface area contributed by atoms with Gasteiger partial charge in [0.1, 0.15) is 6.10 Å². The predicted octanol–water partition coefficient (Wildman–Crippen LogP) is 3.31. The third-order valence-corrected chi connectivity index (χ3v) is 3.03. The molecule has 0 aliphatic rings. The van der Waals surface area contributed by atoms with E-state index in [1.807, 2.05) is 6.92 Å². The molecular formula is C15H18N2O4. The molecule has 2 rings (SSSR count). The van der Waals surface area contributed by atoms with Gasteiger partial charge in [0.2, 0.25) is 5.82 Å². The van der Waals surface area contributed by atoms with E-state index < -0.39 is 5.97 Å². The molecule has 0 spiro atoms. The Labute approximate surface area is 122 Å². The molecule has 6 nitrogen and oxygen atoms in total. The van der Waals surface area contributed by atoms with Gasteiger partial charge in [-0.1, -0.05) is 18.5 Å². The molecule has 1 heterocycles. The van der Waals surface area contributed by atoms with Crippen LogP contribution in [0.4, 0.5) is 0 Å². The number of hydrogen-bond donors (Lipinski definition) is 1. The molecule has 1 atom stereocenters. The van der Waals surface area contributed by atoms with Crippen molar-refractivity contribution < 1.29 is 19.2 Å². The Morgan fingerprint density at radius 3 is 2.62 bits per heavy atom. The highest BCUT2D eigenvalue weighted by Gasteiger charge is 2.18. The summed E-state index contributed by atoms with van der Waals surface area (Å²) in [6, 6.07) is 6.31. The van der Waals surface area contributed by atoms with Gasteiger partial charge in [-0.15, -0.1) is 0 Å². The van der Waals surface area contributed by atoms with Gasteiger partial charge in [-0.05, 0) is 37.6 Å². The second-order valence-electron chi connectivity index (χ2n) is 4.57. The molecule has 2 aromatic rings. The maximum Gasteiger partial charge on any atom is 0.335 e. The summed E-state index contributed by atoms with van der Waals surface area (Å²) >= 11 is 0. The summed E-state index contributed by atoms with van der Waals surface area (Å²) in [6.45, 7) is 4.58. The van der Waals surface area contributed by atoms with Gasteiger partial charge in [0, 0.05) is 12.2 Å². The van der Waals surface area contributed by atoms with Crippen LogP contribution in [-0.2, 0) is 4.74 Å². The van der Waals surface area contributed by atoms with Crippen molar-refractivity contribution in [1.82, 2.24) is 10.1 Å². The van der Waals surface area contributed by atoms with Crippen molar-refractivity contribution in [3.63, 3.8) is 0 Å². The molecule has 112 valence electrons. The minimum Gasteiger partial charge on any atom is -0.478 e. The van der Waals surface area contributed by atoms with Crippen LogP contribution in [0.1, 0.15) is 49.0 Å². The molecule has 1 aromatic heterocycles. The number of nitrogens with zero attached hydrogens (tertiary/aromatic N) is 2. The Hall–Kier alpha value is -2.21. The van der Waals surface area contributed by atoms with Crippen molar-refractivity contribution >= 4 is 5.97 Å². The van der Waals surface area contributed by atoms with Gasteiger partial charge in [0.05, 0.1) is 5.56 Å². The lowest BCUT2D eigenvalue weighted by molar-refractivity contribution is 0.0477. The van der Waals surface area contributed by atoms with Gasteiger partial charge in [0.15, 0.2) is 0 Å². The number of aromatic nitrogens is 2. The Morgan fingerprint density at radius 1 is 1.33 bits per heavy atom. The second-order valence-corrected chi connectivity index (χ2v) is 4.57. The van der Waals surface area contributed by atoms with Gasteiger partial charge in [-0.25, -0.2) is 4.79 Å². The van der Waals surface area contributed by atoms with Crippen LogP contribution in [0.15, 0.2) is 28.8 Å². The average molecular weight is 290 g/mol. The maximum absolute atomic E-state index is 10.8. The van der Waals surface area contributed by atoms with E-state index in [0.29, 0.717) is 23.9 Å². The van der Waals surface area contributed by atoms with E-state index in [9.17, 15) is 4.79 Å². The van der Waals surface area contributed by atoms with Crippen LogP contribution in [0.5, 0.6) is 0 Å². The zero-order valence-corrected chi connectivity index (χ0v) is 12.1. The largest absolute Gasteiger partial charge is 0.478 e. The van der Waals surface area contributed by atoms with Gasteiger partial charge in [-0.3, -0.25) is 0 Å². The first-order chi connectivity index (χ1) is 10.2. The highest BCUT2D eigenvalue weighted by molar-refractivity contribution is 5.88. The monoisotopic (exact) mass is 290 g/mol. The van der Waals surface area contributed by atoms with E-state index in [0.717, 1.165) is 12.8 Å². The number of aromatic carboxylic acids is 1. The molecule has 0 aliphatic carbocycles. The Morgan fingerprint density at radius 2 is 2.05 bits per heavy atom. The lowest BCUT2D eigenvalue weighted by atomic mass is 10.1. The molecule has 1 aromatic carbocycles. The zero-order valence-electron chi connectivity index (χ0n) is 12.1. The van der Waals surface area contributed by atoms with E-state index in [2.05, 4.69) is 17.1 Å². The van der Waals surface area contributed by atoms with E-state index in [4.69, 9.17) is 14.4 Å². The van der Waals surface area contributed by atoms with Crippen LogP contribution in [0, 0.1) is 0 Å². The van der Waals surface area contributed by atoms with Crippen molar-refractivity contribution in [2.24, 2.45) is 0 Å². The fourth-order valence-corrected chi connectivity index (χ4v) is 1.99. The Kier molecular flexibility index (Phi) is 5.05. The maximum atomic E-state index is 10.8. The van der Waals surface area contributed by atoms with E-state index in [1.165, 1.54) is 12.1 Å². The second kappa shape index (κ2) is 6.99. The van der Waals surface area contributed by atoms with Gasteiger partial charge < -0.3 is 14.4 Å². The van der Waals surface area contributed by atoms with Crippen molar-refractivity contribution in [3.8, 4) is 11.5 Å². The van der Waals surface area contributed by atoms with Crippen LogP contribution in [0.2, 0.25) is 0 Å². The van der Waals surface area contributed by atoms with Crippen LogP contribution >= 0.6 is 0 Å². The van der Waals surface area contributed by atoms with Gasteiger partial charge >= 0.3 is 5.97 Å². The molecule has 21 heavy (non-hydrogen) atoms. The minimum atomic E-state index is -0.966. The molecule has 0 radical (unpaired) electrons. The summed E-state index contributed by atoms with van der Waals surface area (Å²) in [4.78, 5) is 15.2. The van der Waals surface area contributed by atoms with Crippen LogP contribution in [0.25, 0.3) is 11.5 Å². The number of rotatable bonds is 7. The fraction of sp³-hybridized carbons (Fsp3) is 0.400. The smallest absolute Gasteiger partial charge is 0.335 e. The summed E-state index contributed by atoms with van der Waals surface area (Å²) in [7, 11) is 0. The molecule has 0 aliphatic heterocycles. The molecule has 1 unspecified atom stereocenters. The first-order valence-corrected chi connectivity index (χ1v) is 6.94. The first kappa shape index (κ1) is 15.2. The fourth-order valence-electron chi connectivity index (χ4n) is 1.99. The van der Waals surface area contributed by atoms with E-state index in [-0.39, 0.29) is 11.7 Å². The first-order valence-electron chi connectivity index (χ1n) is 6.94. The van der Waals surface area contributed by atoms with Gasteiger partial charge in [0.25, 0.3) is 5.89 Å². The third kappa shape index (κ3) is 3.66. The number of hydrogen-bond acceptors (Lipinski definition) is 5. The summed E-state index contributed by atoms with van der Waals surface area (Å²) in [6.07, 6.45) is 1.61.